The maximum Gasteiger partial charge on any atom is 0.335 e. The van der Waals surface area contributed by atoms with E-state index in [-0.39, 0.29) is 33.4 Å². The van der Waals surface area contributed by atoms with Gasteiger partial charge < -0.3 is 40.9 Å². The first kappa shape index (κ1) is 27.3. The van der Waals surface area contributed by atoms with Gasteiger partial charge in [0.25, 0.3) is 0 Å². The highest BCUT2D eigenvalue weighted by Crippen LogP contribution is 2.48. The minimum absolute atomic E-state index is 0.0344. The standard InChI is InChI=1S/C29H22O11/c30-19-9-7-17(23(32)25(19)34)21(13-3-1-5-15(11-13)28(37)38)27(36)22(14-4-2-6-16(12-14)29(39)40)18-8-10-20(31)26(35)24(18)33/h1-12,21-22,30-35H,(H,37,38)(H,39,40). The van der Waals surface area contributed by atoms with Crippen molar-refractivity contribution in [1.82, 2.24) is 0 Å². The number of hydrogen-bond donors (Lipinski definition) is 8. The molecule has 0 aromatic heterocycles. The molecule has 11 heteroatoms. The number of benzene rings is 4. The number of carboxylic acid groups (broad SMARTS) is 2. The maximum absolute atomic E-state index is 14.5. The number of ketones is 1. The van der Waals surface area contributed by atoms with Crippen molar-refractivity contribution in [1.29, 1.82) is 0 Å². The second kappa shape index (κ2) is 10.6. The van der Waals surface area contributed by atoms with Gasteiger partial charge in [0.2, 0.25) is 11.5 Å². The molecule has 40 heavy (non-hydrogen) atoms. The molecule has 0 bridgehead atoms. The number of phenolic OH excluding ortho intramolecular Hbond substituents is 6. The predicted octanol–water partition coefficient (Wildman–Crippen LogP) is 3.85. The molecular formula is C29H22O11. The molecule has 2 atom stereocenters. The van der Waals surface area contributed by atoms with E-state index >= 15 is 0 Å². The lowest BCUT2D eigenvalue weighted by molar-refractivity contribution is -0.120. The normalized spacial score (nSPS) is 12.4. The number of aromatic hydroxyl groups is 6. The van der Waals surface area contributed by atoms with E-state index in [4.69, 9.17) is 0 Å². The Bertz CT molecular complexity index is 1540. The van der Waals surface area contributed by atoms with Crippen LogP contribution in [0.4, 0.5) is 0 Å². The van der Waals surface area contributed by atoms with Crippen molar-refractivity contribution in [3.63, 3.8) is 0 Å². The molecule has 0 aliphatic rings. The summed E-state index contributed by atoms with van der Waals surface area (Å²) in [5, 5.41) is 80.7. The molecule has 0 radical (unpaired) electrons. The summed E-state index contributed by atoms with van der Waals surface area (Å²) in [7, 11) is 0. The van der Waals surface area contributed by atoms with Crippen LogP contribution in [0.15, 0.2) is 72.8 Å². The van der Waals surface area contributed by atoms with Gasteiger partial charge in [-0.05, 0) is 47.5 Å². The second-order valence-electron chi connectivity index (χ2n) is 8.87. The SMILES string of the molecule is O=C(O)c1cccc(C(C(=O)C(c2cccc(C(=O)O)c2)c2ccc(O)c(O)c2O)c2ccc(O)c(O)c2O)c1. The van der Waals surface area contributed by atoms with Crippen LogP contribution in [0.25, 0.3) is 0 Å². The van der Waals surface area contributed by atoms with Crippen LogP contribution in [0.5, 0.6) is 34.5 Å². The van der Waals surface area contributed by atoms with Gasteiger partial charge in [0.1, 0.15) is 0 Å². The number of carbonyl (C=O) groups is 3. The average molecular weight is 546 g/mol. The summed E-state index contributed by atoms with van der Waals surface area (Å²) >= 11 is 0. The molecule has 204 valence electrons. The maximum atomic E-state index is 14.5. The highest BCUT2D eigenvalue weighted by Gasteiger charge is 2.37. The summed E-state index contributed by atoms with van der Waals surface area (Å²) in [5.74, 6) is -11.7. The smallest absolute Gasteiger partial charge is 0.335 e. The van der Waals surface area contributed by atoms with Crippen molar-refractivity contribution in [2.45, 2.75) is 11.8 Å². The summed E-state index contributed by atoms with van der Waals surface area (Å²) in [6, 6.07) is 14.6. The van der Waals surface area contributed by atoms with Gasteiger partial charge in [0, 0.05) is 11.1 Å². The number of phenols is 6. The van der Waals surface area contributed by atoms with Crippen molar-refractivity contribution in [2.24, 2.45) is 0 Å². The van der Waals surface area contributed by atoms with Gasteiger partial charge in [-0.3, -0.25) is 4.79 Å². The van der Waals surface area contributed by atoms with E-state index in [9.17, 15) is 55.2 Å². The summed E-state index contributed by atoms with van der Waals surface area (Å²) in [4.78, 5) is 37.9. The molecule has 0 aliphatic carbocycles. The van der Waals surface area contributed by atoms with Crippen LogP contribution in [-0.2, 0) is 4.79 Å². The fraction of sp³-hybridized carbons (Fsp3) is 0.0690. The van der Waals surface area contributed by atoms with Crippen LogP contribution >= 0.6 is 0 Å². The van der Waals surface area contributed by atoms with Crippen LogP contribution in [-0.4, -0.2) is 58.6 Å². The Morgan fingerprint density at radius 3 is 1.23 bits per heavy atom. The van der Waals surface area contributed by atoms with Crippen molar-refractivity contribution < 1.29 is 55.2 Å². The van der Waals surface area contributed by atoms with Crippen molar-refractivity contribution in [2.75, 3.05) is 0 Å². The Labute approximate surface area is 225 Å². The fourth-order valence-electron chi connectivity index (χ4n) is 4.50. The molecule has 0 saturated carbocycles. The van der Waals surface area contributed by atoms with E-state index in [0.29, 0.717) is 0 Å². The predicted molar refractivity (Wildman–Crippen MR) is 138 cm³/mol. The molecule has 4 aromatic rings. The topological polar surface area (TPSA) is 213 Å². The molecule has 0 heterocycles. The molecule has 2 unspecified atom stereocenters. The molecule has 11 nitrogen and oxygen atoms in total. The molecule has 0 aliphatic heterocycles. The minimum atomic E-state index is -1.56. The molecule has 0 amide bonds. The van der Waals surface area contributed by atoms with Crippen molar-refractivity contribution in [3.8, 4) is 34.5 Å². The lowest BCUT2D eigenvalue weighted by Gasteiger charge is -2.26. The zero-order valence-corrected chi connectivity index (χ0v) is 20.4. The van der Waals surface area contributed by atoms with Gasteiger partial charge in [0.15, 0.2) is 28.8 Å². The summed E-state index contributed by atoms with van der Waals surface area (Å²) in [6.45, 7) is 0. The largest absolute Gasteiger partial charge is 0.504 e. The lowest BCUT2D eigenvalue weighted by atomic mass is 9.76. The molecule has 0 saturated heterocycles. The third kappa shape index (κ3) is 4.90. The molecular weight excluding hydrogens is 524 g/mol. The van der Waals surface area contributed by atoms with Crippen molar-refractivity contribution >= 4 is 17.7 Å². The summed E-state index contributed by atoms with van der Waals surface area (Å²) < 4.78 is 0. The molecule has 4 aromatic carbocycles. The zero-order valence-electron chi connectivity index (χ0n) is 20.4. The number of carbonyl (C=O) groups excluding carboxylic acids is 1. The number of aromatic carboxylic acids is 2. The summed E-state index contributed by atoms with van der Waals surface area (Å²) in [5.41, 5.74) is -0.853. The van der Waals surface area contributed by atoms with E-state index in [0.717, 1.165) is 36.4 Å². The van der Waals surface area contributed by atoms with E-state index in [1.165, 1.54) is 36.4 Å². The molecule has 0 fully saturated rings. The van der Waals surface area contributed by atoms with Gasteiger partial charge >= 0.3 is 11.9 Å². The van der Waals surface area contributed by atoms with Crippen LogP contribution in [0.2, 0.25) is 0 Å². The first-order valence-electron chi connectivity index (χ1n) is 11.6. The zero-order chi connectivity index (χ0) is 29.3. The van der Waals surface area contributed by atoms with Crippen LogP contribution in [0.3, 0.4) is 0 Å². The highest BCUT2D eigenvalue weighted by atomic mass is 16.4. The van der Waals surface area contributed by atoms with Gasteiger partial charge in [-0.15, -0.1) is 0 Å². The van der Waals surface area contributed by atoms with E-state index in [2.05, 4.69) is 0 Å². The Morgan fingerprint density at radius 2 is 0.875 bits per heavy atom. The third-order valence-corrected chi connectivity index (χ3v) is 6.45. The quantitative estimate of drug-likeness (QED) is 0.149. The molecule has 4 rings (SSSR count). The average Bonchev–Trinajstić information content (AvgIpc) is 2.93. The van der Waals surface area contributed by atoms with E-state index in [1.54, 1.807) is 0 Å². The molecule has 0 spiro atoms. The van der Waals surface area contributed by atoms with Gasteiger partial charge in [-0.1, -0.05) is 36.4 Å². The fourth-order valence-corrected chi connectivity index (χ4v) is 4.50. The number of rotatable bonds is 8. The minimum Gasteiger partial charge on any atom is -0.504 e. The Hall–Kier alpha value is -5.71. The number of Topliss-reactive ketones (excluding diaryl/α,β-unsaturated/α-hetero) is 1. The lowest BCUT2D eigenvalue weighted by Crippen LogP contribution is -2.24. The Kier molecular flexibility index (Phi) is 7.23. The van der Waals surface area contributed by atoms with Gasteiger partial charge in [0.05, 0.1) is 23.0 Å². The first-order chi connectivity index (χ1) is 18.9. The Balaban J connectivity index is 2.05. The van der Waals surface area contributed by atoms with Gasteiger partial charge in [-0.2, -0.15) is 0 Å². The summed E-state index contributed by atoms with van der Waals surface area (Å²) in [6.07, 6.45) is 0. The van der Waals surface area contributed by atoms with Crippen LogP contribution in [0, 0.1) is 0 Å². The van der Waals surface area contributed by atoms with E-state index < -0.39 is 64.1 Å². The monoisotopic (exact) mass is 546 g/mol. The molecule has 8 N–H and O–H groups in total. The van der Waals surface area contributed by atoms with Gasteiger partial charge in [-0.25, -0.2) is 9.59 Å². The highest BCUT2D eigenvalue weighted by molar-refractivity contribution is 5.99. The second-order valence-corrected chi connectivity index (χ2v) is 8.87. The Morgan fingerprint density at radius 1 is 0.500 bits per heavy atom. The number of carboxylic acids is 2. The third-order valence-electron chi connectivity index (χ3n) is 6.45. The van der Waals surface area contributed by atoms with Crippen LogP contribution < -0.4 is 0 Å². The first-order valence-corrected chi connectivity index (χ1v) is 11.6. The van der Waals surface area contributed by atoms with E-state index in [1.807, 2.05) is 0 Å². The van der Waals surface area contributed by atoms with Crippen molar-refractivity contribution in [3.05, 3.63) is 106 Å². The number of hydrogen-bond acceptors (Lipinski definition) is 9. The van der Waals surface area contributed by atoms with Crippen LogP contribution in [0.1, 0.15) is 54.8 Å².